The highest BCUT2D eigenvalue weighted by Gasteiger charge is 2.03. The Kier molecular flexibility index (Phi) is 4.15. The molecule has 1 N–H and O–H groups in total. The molecule has 0 aliphatic carbocycles. The van der Waals surface area contributed by atoms with E-state index in [9.17, 15) is 0 Å². The smallest absolute Gasteiger partial charge is 0.0637 e. The largest absolute Gasteiger partial charge is 0.311 e. The predicted octanol–water partition coefficient (Wildman–Crippen LogP) is 1.28. The average molecular weight is 247 g/mol. The third kappa shape index (κ3) is 3.20. The molecule has 0 atom stereocenters. The summed E-state index contributed by atoms with van der Waals surface area (Å²) in [7, 11) is 1.94. The summed E-state index contributed by atoms with van der Waals surface area (Å²) in [5.41, 5.74) is 3.46. The molecule has 0 aromatic carbocycles. The lowest BCUT2D eigenvalue weighted by atomic mass is 10.3. The lowest BCUT2D eigenvalue weighted by molar-refractivity contribution is 0.577. The van der Waals surface area contributed by atoms with E-state index < -0.39 is 0 Å². The van der Waals surface area contributed by atoms with Crippen LogP contribution in [0.3, 0.4) is 0 Å². The number of nitrogens with one attached hydrogen (secondary N) is 1. The van der Waals surface area contributed by atoms with Gasteiger partial charge in [-0.25, -0.2) is 0 Å². The summed E-state index contributed by atoms with van der Waals surface area (Å²) in [4.78, 5) is 0. The normalized spacial score (nSPS) is 11.1. The summed E-state index contributed by atoms with van der Waals surface area (Å²) in [6.07, 6.45) is 2.94. The lowest BCUT2D eigenvalue weighted by Gasteiger charge is -2.05. The standard InChI is InChI=1S/C13H21N5/c1-4-18-13(9-11(2)15-18)10-14-7-5-12-6-8-17(3)16-12/h6,8-9,14H,4-5,7,10H2,1-3H3. The van der Waals surface area contributed by atoms with Crippen molar-refractivity contribution in [3.63, 3.8) is 0 Å². The Balaban J connectivity index is 1.78. The first-order chi connectivity index (χ1) is 8.69. The van der Waals surface area contributed by atoms with Crippen molar-refractivity contribution >= 4 is 0 Å². The van der Waals surface area contributed by atoms with Crippen LogP contribution in [-0.2, 0) is 26.6 Å². The van der Waals surface area contributed by atoms with E-state index in [1.165, 1.54) is 5.69 Å². The van der Waals surface area contributed by atoms with Gasteiger partial charge < -0.3 is 5.32 Å². The number of hydrogen-bond donors (Lipinski definition) is 1. The fraction of sp³-hybridized carbons (Fsp3) is 0.538. The molecule has 0 unspecified atom stereocenters. The van der Waals surface area contributed by atoms with Crippen LogP contribution in [0, 0.1) is 6.92 Å². The second-order valence-corrected chi connectivity index (χ2v) is 4.50. The average Bonchev–Trinajstić information content (AvgIpc) is 2.91. The van der Waals surface area contributed by atoms with Crippen molar-refractivity contribution < 1.29 is 0 Å². The van der Waals surface area contributed by atoms with E-state index in [-0.39, 0.29) is 0 Å². The third-order valence-electron chi connectivity index (χ3n) is 2.92. The Bertz CT molecular complexity index is 497. The van der Waals surface area contributed by atoms with E-state index in [4.69, 9.17) is 0 Å². The molecule has 0 saturated heterocycles. The molecule has 0 aliphatic heterocycles. The Morgan fingerprint density at radius 3 is 2.83 bits per heavy atom. The minimum absolute atomic E-state index is 0.863. The molecule has 0 fully saturated rings. The molecule has 2 aromatic heterocycles. The second kappa shape index (κ2) is 5.82. The predicted molar refractivity (Wildman–Crippen MR) is 71.3 cm³/mol. The highest BCUT2D eigenvalue weighted by Crippen LogP contribution is 2.03. The van der Waals surface area contributed by atoms with Gasteiger partial charge in [0.15, 0.2) is 0 Å². The van der Waals surface area contributed by atoms with Gasteiger partial charge in [0.05, 0.1) is 17.1 Å². The first kappa shape index (κ1) is 12.8. The highest BCUT2D eigenvalue weighted by atomic mass is 15.3. The van der Waals surface area contributed by atoms with E-state index in [1.807, 2.05) is 29.5 Å². The van der Waals surface area contributed by atoms with Gasteiger partial charge in [0.25, 0.3) is 0 Å². The van der Waals surface area contributed by atoms with Gasteiger partial charge in [-0.05, 0) is 26.0 Å². The molecule has 98 valence electrons. The fourth-order valence-electron chi connectivity index (χ4n) is 2.04. The van der Waals surface area contributed by atoms with E-state index in [1.54, 1.807) is 0 Å². The van der Waals surface area contributed by atoms with E-state index in [0.717, 1.165) is 37.4 Å². The van der Waals surface area contributed by atoms with Gasteiger partial charge >= 0.3 is 0 Å². The van der Waals surface area contributed by atoms with Crippen LogP contribution in [0.1, 0.15) is 24.0 Å². The molecule has 0 spiro atoms. The van der Waals surface area contributed by atoms with Crippen LogP contribution in [0.5, 0.6) is 0 Å². The second-order valence-electron chi connectivity index (χ2n) is 4.50. The molecular formula is C13H21N5. The highest BCUT2D eigenvalue weighted by molar-refractivity contribution is 5.08. The van der Waals surface area contributed by atoms with Gasteiger partial charge in [-0.3, -0.25) is 9.36 Å². The zero-order valence-corrected chi connectivity index (χ0v) is 11.3. The first-order valence-electron chi connectivity index (χ1n) is 6.41. The first-order valence-corrected chi connectivity index (χ1v) is 6.41. The summed E-state index contributed by atoms with van der Waals surface area (Å²) < 4.78 is 3.88. The summed E-state index contributed by atoms with van der Waals surface area (Å²) in [5.74, 6) is 0. The molecule has 2 rings (SSSR count). The van der Waals surface area contributed by atoms with Crippen molar-refractivity contribution in [1.29, 1.82) is 0 Å². The van der Waals surface area contributed by atoms with Gasteiger partial charge in [0.1, 0.15) is 0 Å². The maximum atomic E-state index is 4.43. The van der Waals surface area contributed by atoms with Gasteiger partial charge in [0.2, 0.25) is 0 Å². The minimum Gasteiger partial charge on any atom is -0.311 e. The Labute approximate surface area is 108 Å². The number of hydrogen-bond acceptors (Lipinski definition) is 3. The molecule has 0 saturated carbocycles. The summed E-state index contributed by atoms with van der Waals surface area (Å²) in [6, 6.07) is 4.19. The van der Waals surface area contributed by atoms with Crippen molar-refractivity contribution in [2.24, 2.45) is 7.05 Å². The van der Waals surface area contributed by atoms with Crippen LogP contribution in [0.25, 0.3) is 0 Å². The van der Waals surface area contributed by atoms with Crippen LogP contribution in [0.4, 0.5) is 0 Å². The summed E-state index contributed by atoms with van der Waals surface area (Å²) in [6.45, 7) is 6.87. The van der Waals surface area contributed by atoms with Gasteiger partial charge in [-0.2, -0.15) is 10.2 Å². The van der Waals surface area contributed by atoms with Crippen LogP contribution < -0.4 is 5.32 Å². The van der Waals surface area contributed by atoms with Gasteiger partial charge in [-0.1, -0.05) is 0 Å². The zero-order valence-electron chi connectivity index (χ0n) is 11.3. The Hall–Kier alpha value is -1.62. The molecule has 0 radical (unpaired) electrons. The van der Waals surface area contributed by atoms with Crippen molar-refractivity contribution in [2.75, 3.05) is 6.54 Å². The number of rotatable bonds is 6. The zero-order chi connectivity index (χ0) is 13.0. The SMILES string of the molecule is CCn1nc(C)cc1CNCCc1ccn(C)n1. The number of aryl methyl sites for hydroxylation is 3. The summed E-state index contributed by atoms with van der Waals surface area (Å²) >= 11 is 0. The molecule has 0 aliphatic rings. The molecule has 0 bridgehead atoms. The number of aromatic nitrogens is 4. The third-order valence-corrected chi connectivity index (χ3v) is 2.92. The molecule has 2 aromatic rings. The van der Waals surface area contributed by atoms with E-state index in [2.05, 4.69) is 34.6 Å². The van der Waals surface area contributed by atoms with Crippen LogP contribution in [-0.4, -0.2) is 26.1 Å². The monoisotopic (exact) mass is 247 g/mol. The molecule has 5 heteroatoms. The maximum Gasteiger partial charge on any atom is 0.0637 e. The van der Waals surface area contributed by atoms with Crippen LogP contribution in [0.2, 0.25) is 0 Å². The van der Waals surface area contributed by atoms with Crippen molar-refractivity contribution in [1.82, 2.24) is 24.9 Å². The fourth-order valence-corrected chi connectivity index (χ4v) is 2.04. The van der Waals surface area contributed by atoms with Gasteiger partial charge in [0, 0.05) is 39.3 Å². The van der Waals surface area contributed by atoms with E-state index >= 15 is 0 Å². The van der Waals surface area contributed by atoms with Crippen molar-refractivity contribution in [3.8, 4) is 0 Å². The number of nitrogens with zero attached hydrogens (tertiary/aromatic N) is 4. The molecule has 0 amide bonds. The summed E-state index contributed by atoms with van der Waals surface area (Å²) in [5, 5.41) is 12.2. The lowest BCUT2D eigenvalue weighted by Crippen LogP contribution is -2.19. The molecule has 18 heavy (non-hydrogen) atoms. The van der Waals surface area contributed by atoms with Crippen LogP contribution >= 0.6 is 0 Å². The van der Waals surface area contributed by atoms with Crippen molar-refractivity contribution in [2.45, 2.75) is 33.4 Å². The quantitative estimate of drug-likeness (QED) is 0.782. The minimum atomic E-state index is 0.863. The Morgan fingerprint density at radius 2 is 2.17 bits per heavy atom. The van der Waals surface area contributed by atoms with E-state index in [0.29, 0.717) is 0 Å². The topological polar surface area (TPSA) is 47.7 Å². The molecular weight excluding hydrogens is 226 g/mol. The van der Waals surface area contributed by atoms with Crippen LogP contribution in [0.15, 0.2) is 18.3 Å². The molecule has 2 heterocycles. The van der Waals surface area contributed by atoms with Crippen molar-refractivity contribution in [3.05, 3.63) is 35.4 Å². The maximum absolute atomic E-state index is 4.43. The van der Waals surface area contributed by atoms with Gasteiger partial charge in [-0.15, -0.1) is 0 Å². The Morgan fingerprint density at radius 1 is 1.33 bits per heavy atom. The molecule has 5 nitrogen and oxygen atoms in total.